The molecule has 7 heteroatoms. The summed E-state index contributed by atoms with van der Waals surface area (Å²) in [5.41, 5.74) is 6.55. The largest absolute Gasteiger partial charge is 0.345 e. The van der Waals surface area contributed by atoms with Crippen LogP contribution in [0.25, 0.3) is 27.3 Å². The third-order valence-corrected chi connectivity index (χ3v) is 6.86. The second-order valence-corrected chi connectivity index (χ2v) is 9.08. The van der Waals surface area contributed by atoms with Crippen molar-refractivity contribution in [2.75, 3.05) is 0 Å². The monoisotopic (exact) mass is 393 g/mol. The van der Waals surface area contributed by atoms with Crippen LogP contribution in [0.5, 0.6) is 0 Å². The van der Waals surface area contributed by atoms with Crippen molar-refractivity contribution in [3.05, 3.63) is 34.7 Å². The topological polar surface area (TPSA) is 75.9 Å². The third kappa shape index (κ3) is 2.76. The van der Waals surface area contributed by atoms with Crippen molar-refractivity contribution in [3.63, 3.8) is 0 Å². The molecule has 1 saturated carbocycles. The maximum atomic E-state index is 11.6. The van der Waals surface area contributed by atoms with Crippen LogP contribution < -0.4 is 0 Å². The summed E-state index contributed by atoms with van der Waals surface area (Å²) in [6, 6.07) is 2.17. The Labute approximate surface area is 167 Å². The van der Waals surface area contributed by atoms with Crippen LogP contribution in [0, 0.1) is 6.92 Å². The predicted octanol–water partition coefficient (Wildman–Crippen LogP) is 4.99. The van der Waals surface area contributed by atoms with Crippen LogP contribution >= 0.6 is 11.3 Å². The molecule has 1 aliphatic carbocycles. The van der Waals surface area contributed by atoms with Crippen molar-refractivity contribution >= 4 is 33.1 Å². The van der Waals surface area contributed by atoms with E-state index >= 15 is 0 Å². The fourth-order valence-electron chi connectivity index (χ4n) is 4.28. The molecule has 0 bridgehead atoms. The number of Topliss-reactive ketones (excluding diaryl/α,β-unsaturated/α-hetero) is 1. The molecule has 5 rings (SSSR count). The number of pyridine rings is 1. The molecule has 0 spiro atoms. The highest BCUT2D eigenvalue weighted by Crippen LogP contribution is 2.41. The summed E-state index contributed by atoms with van der Waals surface area (Å²) in [7, 11) is 0. The molecular formula is C21H23N5OS. The zero-order valence-corrected chi connectivity index (χ0v) is 17.1. The Morgan fingerprint density at radius 1 is 1.29 bits per heavy atom. The molecule has 4 aromatic rings. The fraction of sp³-hybridized carbons (Fsp3) is 0.429. The molecule has 0 atom stereocenters. The van der Waals surface area contributed by atoms with Crippen LogP contribution in [-0.2, 0) is 4.79 Å². The van der Waals surface area contributed by atoms with Crippen LogP contribution in [0.4, 0.5) is 0 Å². The number of fused-ring (bicyclic) bond motifs is 2. The van der Waals surface area contributed by atoms with Gasteiger partial charge in [0.25, 0.3) is 0 Å². The van der Waals surface area contributed by atoms with Gasteiger partial charge < -0.3 is 4.98 Å². The second kappa shape index (κ2) is 6.51. The number of aromatic amines is 1. The average molecular weight is 394 g/mol. The number of carbonyl (C=O) groups excluding carboxylic acids is 1. The van der Waals surface area contributed by atoms with E-state index in [0.717, 1.165) is 45.7 Å². The van der Waals surface area contributed by atoms with Gasteiger partial charge in [-0.25, -0.2) is 14.5 Å². The van der Waals surface area contributed by atoms with Gasteiger partial charge in [-0.1, -0.05) is 13.8 Å². The van der Waals surface area contributed by atoms with Crippen molar-refractivity contribution < 1.29 is 4.79 Å². The van der Waals surface area contributed by atoms with E-state index in [1.54, 1.807) is 17.7 Å². The number of hydrogen-bond donors (Lipinski definition) is 1. The number of rotatable bonds is 3. The number of aryl methyl sites for hydroxylation is 1. The van der Waals surface area contributed by atoms with Crippen molar-refractivity contribution in [2.45, 2.75) is 58.3 Å². The van der Waals surface area contributed by atoms with Crippen LogP contribution in [0.2, 0.25) is 0 Å². The number of thiazole rings is 1. The quantitative estimate of drug-likeness (QED) is 0.532. The molecule has 144 valence electrons. The van der Waals surface area contributed by atoms with Crippen molar-refractivity contribution in [3.8, 4) is 11.3 Å². The minimum absolute atomic E-state index is 0.346. The smallest absolute Gasteiger partial charge is 0.158 e. The fourth-order valence-corrected chi connectivity index (χ4v) is 5.44. The molecule has 0 radical (unpaired) electrons. The van der Waals surface area contributed by atoms with Gasteiger partial charge in [-0.2, -0.15) is 5.10 Å². The first-order valence-electron chi connectivity index (χ1n) is 9.85. The number of carbonyl (C=O) groups is 1. The Morgan fingerprint density at radius 2 is 2.07 bits per heavy atom. The highest BCUT2D eigenvalue weighted by molar-refractivity contribution is 7.18. The lowest BCUT2D eigenvalue weighted by molar-refractivity contribution is -0.120. The van der Waals surface area contributed by atoms with Crippen LogP contribution in [0.15, 0.2) is 18.6 Å². The molecule has 0 unspecified atom stereocenters. The number of hydrogen-bond acceptors (Lipinski definition) is 5. The summed E-state index contributed by atoms with van der Waals surface area (Å²) in [6.07, 6.45) is 6.87. The molecule has 4 heterocycles. The lowest BCUT2D eigenvalue weighted by Crippen LogP contribution is -2.12. The van der Waals surface area contributed by atoms with Crippen LogP contribution in [-0.4, -0.2) is 30.3 Å². The van der Waals surface area contributed by atoms with E-state index in [2.05, 4.69) is 41.9 Å². The van der Waals surface area contributed by atoms with Gasteiger partial charge in [0.1, 0.15) is 22.5 Å². The van der Waals surface area contributed by atoms with Gasteiger partial charge in [-0.3, -0.25) is 4.79 Å². The lowest BCUT2D eigenvalue weighted by atomic mass is 9.89. The minimum atomic E-state index is 0.346. The van der Waals surface area contributed by atoms with Crippen molar-refractivity contribution in [1.82, 2.24) is 24.6 Å². The highest BCUT2D eigenvalue weighted by atomic mass is 32.1. The second-order valence-electron chi connectivity index (χ2n) is 8.05. The highest BCUT2D eigenvalue weighted by Gasteiger charge is 2.26. The summed E-state index contributed by atoms with van der Waals surface area (Å²) in [5.74, 6) is 1.15. The Balaban J connectivity index is 1.62. The number of H-pyrrole nitrogens is 1. The summed E-state index contributed by atoms with van der Waals surface area (Å²) in [6.45, 7) is 6.49. The van der Waals surface area contributed by atoms with Gasteiger partial charge in [-0.05, 0) is 37.3 Å². The summed E-state index contributed by atoms with van der Waals surface area (Å²) in [5, 5.41) is 5.49. The van der Waals surface area contributed by atoms with Gasteiger partial charge in [0.05, 0.1) is 10.7 Å². The SMILES string of the molecule is Cc1cc(-c2[nH]c3sc(C4CCC(=O)CC4)nc3c2C(C)C)cn2ncnc12. The van der Waals surface area contributed by atoms with E-state index in [4.69, 9.17) is 4.98 Å². The van der Waals surface area contributed by atoms with E-state index in [0.29, 0.717) is 30.5 Å². The number of nitrogens with zero attached hydrogens (tertiary/aromatic N) is 4. The first-order valence-corrected chi connectivity index (χ1v) is 10.7. The van der Waals surface area contributed by atoms with E-state index < -0.39 is 0 Å². The van der Waals surface area contributed by atoms with Crippen molar-refractivity contribution in [1.29, 1.82) is 0 Å². The van der Waals surface area contributed by atoms with E-state index in [1.807, 2.05) is 10.7 Å². The molecule has 1 aliphatic rings. The number of nitrogens with one attached hydrogen (secondary N) is 1. The van der Waals surface area contributed by atoms with E-state index in [-0.39, 0.29) is 0 Å². The third-order valence-electron chi connectivity index (χ3n) is 5.72. The molecule has 0 aromatic carbocycles. The Kier molecular flexibility index (Phi) is 4.08. The van der Waals surface area contributed by atoms with Gasteiger partial charge in [0, 0.05) is 36.1 Å². The van der Waals surface area contributed by atoms with E-state index in [9.17, 15) is 4.79 Å². The molecule has 1 N–H and O–H groups in total. The van der Waals surface area contributed by atoms with Crippen LogP contribution in [0.1, 0.15) is 67.5 Å². The molecular weight excluding hydrogens is 370 g/mol. The minimum Gasteiger partial charge on any atom is -0.345 e. The van der Waals surface area contributed by atoms with Gasteiger partial charge in [0.2, 0.25) is 0 Å². The molecule has 4 aromatic heterocycles. The van der Waals surface area contributed by atoms with Gasteiger partial charge in [0.15, 0.2) is 5.65 Å². The molecule has 0 saturated heterocycles. The molecule has 0 aliphatic heterocycles. The maximum absolute atomic E-state index is 11.6. The average Bonchev–Trinajstić information content (AvgIpc) is 3.35. The normalized spacial score (nSPS) is 16.1. The first-order chi connectivity index (χ1) is 13.5. The Hall–Kier alpha value is -2.54. The molecule has 28 heavy (non-hydrogen) atoms. The summed E-state index contributed by atoms with van der Waals surface area (Å²) in [4.78, 5) is 25.7. The summed E-state index contributed by atoms with van der Waals surface area (Å²) < 4.78 is 1.83. The Bertz CT molecular complexity index is 1190. The standard InChI is InChI=1S/C21H23N5OS/c1-11(2)16-17(14-8-12(3)19-22-10-23-26(19)9-14)24-21-18(16)25-20(28-21)13-4-6-15(27)7-5-13/h8-11,13,24H,4-7H2,1-3H3. The zero-order valence-electron chi connectivity index (χ0n) is 16.3. The zero-order chi connectivity index (χ0) is 19.4. The van der Waals surface area contributed by atoms with Gasteiger partial charge >= 0.3 is 0 Å². The van der Waals surface area contributed by atoms with Crippen molar-refractivity contribution in [2.24, 2.45) is 0 Å². The maximum Gasteiger partial charge on any atom is 0.158 e. The predicted molar refractivity (Wildman–Crippen MR) is 111 cm³/mol. The van der Waals surface area contributed by atoms with E-state index in [1.165, 1.54) is 10.6 Å². The molecule has 1 fully saturated rings. The lowest BCUT2D eigenvalue weighted by Gasteiger charge is -2.18. The van der Waals surface area contributed by atoms with Gasteiger partial charge in [-0.15, -0.1) is 11.3 Å². The number of aromatic nitrogens is 5. The Morgan fingerprint density at radius 3 is 2.82 bits per heavy atom. The number of ketones is 1. The molecule has 0 amide bonds. The van der Waals surface area contributed by atoms with Crippen LogP contribution in [0.3, 0.4) is 0 Å². The summed E-state index contributed by atoms with van der Waals surface area (Å²) >= 11 is 1.75. The molecule has 6 nitrogen and oxygen atoms in total. The first kappa shape index (κ1) is 17.6.